The van der Waals surface area contributed by atoms with E-state index in [1.807, 2.05) is 6.07 Å². The second-order valence-electron chi connectivity index (χ2n) is 14.8. The van der Waals surface area contributed by atoms with Crippen LogP contribution in [0.2, 0.25) is 0 Å². The molecular weight excluding hydrogens is 727 g/mol. The molecule has 0 N–H and O–H groups in total. The highest BCUT2D eigenvalue weighted by molar-refractivity contribution is 7.26. The lowest BCUT2D eigenvalue weighted by atomic mass is 9.95. The van der Waals surface area contributed by atoms with Gasteiger partial charge in [0.15, 0.2) is 17.5 Å². The topological polar surface area (TPSA) is 51.8 Å². The molecule has 3 heterocycles. The number of benzene rings is 9. The molecule has 12 rings (SSSR count). The van der Waals surface area contributed by atoms with Gasteiger partial charge in [-0.1, -0.05) is 146 Å². The van der Waals surface area contributed by atoms with Gasteiger partial charge in [0.2, 0.25) is 0 Å². The average molecular weight is 758 g/mol. The van der Waals surface area contributed by atoms with Gasteiger partial charge in [-0.3, -0.25) is 0 Å². The van der Waals surface area contributed by atoms with Crippen LogP contribution in [-0.4, -0.2) is 15.0 Å². The van der Waals surface area contributed by atoms with Crippen molar-refractivity contribution in [3.05, 3.63) is 188 Å². The van der Waals surface area contributed by atoms with E-state index in [1.54, 1.807) is 11.3 Å². The van der Waals surface area contributed by atoms with Crippen LogP contribution in [0.1, 0.15) is 0 Å². The number of fused-ring (bicyclic) bond motifs is 8. The van der Waals surface area contributed by atoms with Crippen molar-refractivity contribution < 1.29 is 4.42 Å². The van der Waals surface area contributed by atoms with Gasteiger partial charge in [-0.25, -0.2) is 15.0 Å². The van der Waals surface area contributed by atoms with Gasteiger partial charge in [0.1, 0.15) is 11.2 Å². The summed E-state index contributed by atoms with van der Waals surface area (Å²) in [6.45, 7) is 0. The Bertz CT molecular complexity index is 3570. The van der Waals surface area contributed by atoms with Crippen molar-refractivity contribution in [1.82, 2.24) is 15.0 Å². The van der Waals surface area contributed by atoms with Crippen LogP contribution < -0.4 is 0 Å². The number of nitrogens with zero attached hydrogens (tertiary/aromatic N) is 3. The molecule has 0 saturated carbocycles. The lowest BCUT2D eigenvalue weighted by molar-refractivity contribution is 0.670. The molecule has 0 radical (unpaired) electrons. The summed E-state index contributed by atoms with van der Waals surface area (Å²) in [5.74, 6) is 1.85. The Morgan fingerprint density at radius 3 is 1.79 bits per heavy atom. The van der Waals surface area contributed by atoms with Gasteiger partial charge in [-0.15, -0.1) is 11.3 Å². The largest absolute Gasteiger partial charge is 0.455 e. The van der Waals surface area contributed by atoms with Gasteiger partial charge >= 0.3 is 0 Å². The van der Waals surface area contributed by atoms with E-state index in [0.717, 1.165) is 70.6 Å². The van der Waals surface area contributed by atoms with Crippen LogP contribution in [0.4, 0.5) is 0 Å². The van der Waals surface area contributed by atoms with Crippen molar-refractivity contribution in [3.8, 4) is 56.4 Å². The van der Waals surface area contributed by atoms with Crippen LogP contribution in [0.3, 0.4) is 0 Å². The molecule has 0 aliphatic heterocycles. The summed E-state index contributed by atoms with van der Waals surface area (Å²) >= 11 is 1.78. The molecular formula is C53H31N3OS. The number of hydrogen-bond acceptors (Lipinski definition) is 5. The van der Waals surface area contributed by atoms with Crippen LogP contribution in [0.15, 0.2) is 192 Å². The lowest BCUT2D eigenvalue weighted by Crippen LogP contribution is -2.01. The first-order chi connectivity index (χ1) is 28.7. The van der Waals surface area contributed by atoms with Crippen molar-refractivity contribution in [2.75, 3.05) is 0 Å². The number of aromatic nitrogens is 3. The number of hydrogen-bond donors (Lipinski definition) is 0. The van der Waals surface area contributed by atoms with Crippen molar-refractivity contribution in [1.29, 1.82) is 0 Å². The maximum Gasteiger partial charge on any atom is 0.165 e. The molecule has 0 saturated heterocycles. The minimum atomic E-state index is 0.595. The fraction of sp³-hybridized carbons (Fsp3) is 0. The summed E-state index contributed by atoms with van der Waals surface area (Å²) in [4.78, 5) is 15.9. The monoisotopic (exact) mass is 757 g/mol. The van der Waals surface area contributed by atoms with Crippen molar-refractivity contribution in [3.63, 3.8) is 0 Å². The Kier molecular flexibility index (Phi) is 7.37. The predicted octanol–water partition coefficient (Wildman–Crippen LogP) is 14.8. The maximum atomic E-state index is 6.92. The Hall–Kier alpha value is -7.47. The van der Waals surface area contributed by atoms with E-state index in [1.165, 1.54) is 32.0 Å². The van der Waals surface area contributed by atoms with Gasteiger partial charge in [0.05, 0.1) is 0 Å². The van der Waals surface area contributed by atoms with Gasteiger partial charge < -0.3 is 4.42 Å². The van der Waals surface area contributed by atoms with Crippen molar-refractivity contribution in [2.24, 2.45) is 0 Å². The fourth-order valence-corrected chi connectivity index (χ4v) is 9.66. The minimum absolute atomic E-state index is 0.595. The highest BCUT2D eigenvalue weighted by Crippen LogP contribution is 2.44. The Morgan fingerprint density at radius 2 is 0.966 bits per heavy atom. The van der Waals surface area contributed by atoms with Gasteiger partial charge in [0, 0.05) is 53.2 Å². The summed E-state index contributed by atoms with van der Waals surface area (Å²) in [5.41, 5.74) is 8.87. The van der Waals surface area contributed by atoms with E-state index < -0.39 is 0 Å². The highest BCUT2D eigenvalue weighted by Gasteiger charge is 2.22. The van der Waals surface area contributed by atoms with Crippen LogP contribution in [0, 0.1) is 0 Å². The Morgan fingerprint density at radius 1 is 0.362 bits per heavy atom. The predicted molar refractivity (Wildman–Crippen MR) is 242 cm³/mol. The molecule has 3 aromatic heterocycles. The van der Waals surface area contributed by atoms with E-state index in [-0.39, 0.29) is 0 Å². The smallest absolute Gasteiger partial charge is 0.165 e. The zero-order chi connectivity index (χ0) is 38.2. The molecule has 0 amide bonds. The lowest BCUT2D eigenvalue weighted by Gasteiger charge is -2.12. The van der Waals surface area contributed by atoms with Gasteiger partial charge in [-0.2, -0.15) is 0 Å². The second-order valence-corrected chi connectivity index (χ2v) is 15.8. The normalized spacial score (nSPS) is 11.8. The fourth-order valence-electron chi connectivity index (χ4n) is 8.45. The Labute approximate surface area is 337 Å². The maximum absolute atomic E-state index is 6.92. The van der Waals surface area contributed by atoms with E-state index in [0.29, 0.717) is 17.5 Å². The summed E-state index contributed by atoms with van der Waals surface area (Å²) in [7, 11) is 0. The summed E-state index contributed by atoms with van der Waals surface area (Å²) in [6, 6.07) is 66.2. The van der Waals surface area contributed by atoms with E-state index in [2.05, 4.69) is 182 Å². The first kappa shape index (κ1) is 32.7. The molecule has 0 fully saturated rings. The van der Waals surface area contributed by atoms with Crippen molar-refractivity contribution in [2.45, 2.75) is 0 Å². The average Bonchev–Trinajstić information content (AvgIpc) is 3.86. The molecule has 0 aliphatic carbocycles. The molecule has 0 bridgehead atoms. The third kappa shape index (κ3) is 5.32. The molecule has 9 aromatic carbocycles. The van der Waals surface area contributed by atoms with Gasteiger partial charge in [0.25, 0.3) is 0 Å². The van der Waals surface area contributed by atoms with Crippen LogP contribution in [0.5, 0.6) is 0 Å². The second kappa shape index (κ2) is 13.1. The molecule has 4 nitrogen and oxygen atoms in total. The molecule has 0 atom stereocenters. The summed E-state index contributed by atoms with van der Waals surface area (Å²) in [5, 5.41) is 9.01. The van der Waals surface area contributed by atoms with Crippen molar-refractivity contribution >= 4 is 75.0 Å². The van der Waals surface area contributed by atoms with Crippen LogP contribution in [-0.2, 0) is 0 Å². The molecule has 0 aliphatic rings. The zero-order valence-corrected chi connectivity index (χ0v) is 31.9. The number of furan rings is 1. The first-order valence-electron chi connectivity index (χ1n) is 19.4. The van der Waals surface area contributed by atoms with E-state index in [9.17, 15) is 0 Å². The molecule has 270 valence electrons. The van der Waals surface area contributed by atoms with Gasteiger partial charge in [-0.05, 0) is 80.7 Å². The number of thiophene rings is 1. The molecule has 0 spiro atoms. The summed E-state index contributed by atoms with van der Waals surface area (Å²) in [6.07, 6.45) is 0. The quantitative estimate of drug-likeness (QED) is 0.175. The SMILES string of the molecule is c1ccc(-c2ccc(-c3ccc(-c4nc(-c5ccc6ccccc6c5)nc(-c5cccc6c5sc5ccccc56)n4)c4c3oc3cc5ccccc5cc34)cc2)cc1. The molecule has 12 aromatic rings. The number of rotatable bonds is 5. The highest BCUT2D eigenvalue weighted by atomic mass is 32.1. The molecule has 5 heteroatoms. The third-order valence-corrected chi connectivity index (χ3v) is 12.5. The van der Waals surface area contributed by atoms with E-state index in [4.69, 9.17) is 19.4 Å². The molecule has 58 heavy (non-hydrogen) atoms. The van der Waals surface area contributed by atoms with Crippen LogP contribution in [0.25, 0.3) is 120 Å². The third-order valence-electron chi connectivity index (χ3n) is 11.3. The Balaban J connectivity index is 1.13. The van der Waals surface area contributed by atoms with Crippen LogP contribution >= 0.6 is 11.3 Å². The zero-order valence-electron chi connectivity index (χ0n) is 31.1. The minimum Gasteiger partial charge on any atom is -0.455 e. The molecule has 0 unspecified atom stereocenters. The summed E-state index contributed by atoms with van der Waals surface area (Å²) < 4.78 is 9.32. The first-order valence-corrected chi connectivity index (χ1v) is 20.2. The van der Waals surface area contributed by atoms with E-state index >= 15 is 0 Å². The standard InChI is InChI=1S/C53H31N3OS/c1-2-11-32(12-3-1)34-21-24-35(25-22-34)40-27-28-43(48-45-30-37-15-6-7-16-38(37)31-46(45)57-49(40)48)52-54-51(39-26-23-33-13-4-5-14-36(33)29-39)55-53(56-52)44-19-10-18-42-41-17-8-9-20-47(41)58-50(42)44/h1-31H.